The maximum absolute atomic E-state index is 13.3. The number of hydrogen-bond donors (Lipinski definition) is 1. The van der Waals surface area contributed by atoms with Crippen molar-refractivity contribution in [2.24, 2.45) is 11.7 Å². The fourth-order valence-electron chi connectivity index (χ4n) is 4.01. The first-order valence-corrected chi connectivity index (χ1v) is 10.1. The smallest absolute Gasteiger partial charge is 0.366 e. The van der Waals surface area contributed by atoms with Crippen LogP contribution in [0.15, 0.2) is 12.1 Å². The van der Waals surface area contributed by atoms with Crippen LogP contribution in [-0.2, 0) is 12.7 Å². The van der Waals surface area contributed by atoms with Gasteiger partial charge in [-0.25, -0.2) is 0 Å². The van der Waals surface area contributed by atoms with Crippen LogP contribution in [0.4, 0.5) is 13.2 Å². The zero-order valence-electron chi connectivity index (χ0n) is 15.6. The lowest BCUT2D eigenvalue weighted by Gasteiger charge is -2.29. The molecule has 1 aromatic heterocycles. The van der Waals surface area contributed by atoms with Crippen molar-refractivity contribution < 1.29 is 18.0 Å². The van der Waals surface area contributed by atoms with Crippen molar-refractivity contribution in [2.45, 2.75) is 63.1 Å². The van der Waals surface area contributed by atoms with Gasteiger partial charge in [-0.2, -0.15) is 18.0 Å². The molecule has 0 spiro atoms. The van der Waals surface area contributed by atoms with Crippen LogP contribution in [0, 0.1) is 5.92 Å². The molecule has 2 aromatic rings. The van der Waals surface area contributed by atoms with Gasteiger partial charge >= 0.3 is 6.18 Å². The first-order valence-electron chi connectivity index (χ1n) is 9.70. The number of aromatic nitrogens is 4. The molecule has 6 nitrogen and oxygen atoms in total. The SMILES string of the molecule is NC(=O)c1cc(C(F)(F)F)cc(C2CCC(Cn3nnc(C4CC4)n3)CC2)c1Cl. The Morgan fingerprint density at radius 3 is 2.38 bits per heavy atom. The molecule has 2 saturated carbocycles. The van der Waals surface area contributed by atoms with Gasteiger partial charge in [0, 0.05) is 5.92 Å². The molecule has 0 radical (unpaired) electrons. The van der Waals surface area contributed by atoms with E-state index < -0.39 is 17.6 Å². The summed E-state index contributed by atoms with van der Waals surface area (Å²) >= 11 is 6.26. The number of nitrogens with zero attached hydrogens (tertiary/aromatic N) is 4. The molecular formula is C19H21ClF3N5O. The molecule has 0 saturated heterocycles. The third-order valence-electron chi connectivity index (χ3n) is 5.81. The summed E-state index contributed by atoms with van der Waals surface area (Å²) in [4.78, 5) is 13.2. The van der Waals surface area contributed by atoms with Crippen molar-refractivity contribution in [3.05, 3.63) is 39.7 Å². The third-order valence-corrected chi connectivity index (χ3v) is 6.23. The maximum atomic E-state index is 13.3. The summed E-state index contributed by atoms with van der Waals surface area (Å²) < 4.78 is 39.8. The summed E-state index contributed by atoms with van der Waals surface area (Å²) in [5, 5.41) is 12.7. The molecule has 2 aliphatic carbocycles. The number of nitrogens with two attached hydrogens (primary N) is 1. The average Bonchev–Trinajstić information content (AvgIpc) is 3.41. The molecule has 4 rings (SSSR count). The predicted molar refractivity (Wildman–Crippen MR) is 99.5 cm³/mol. The summed E-state index contributed by atoms with van der Waals surface area (Å²) in [6.07, 6.45) is 0.623. The summed E-state index contributed by atoms with van der Waals surface area (Å²) in [5.74, 6) is 0.465. The van der Waals surface area contributed by atoms with Crippen molar-refractivity contribution in [3.63, 3.8) is 0 Å². The molecule has 2 N–H and O–H groups in total. The minimum Gasteiger partial charge on any atom is -0.366 e. The van der Waals surface area contributed by atoms with Gasteiger partial charge in [0.2, 0.25) is 5.91 Å². The monoisotopic (exact) mass is 427 g/mol. The highest BCUT2D eigenvalue weighted by Gasteiger charge is 2.35. The van der Waals surface area contributed by atoms with Crippen molar-refractivity contribution >= 4 is 17.5 Å². The standard InChI is InChI=1S/C19H21ClF3N5O/c20-16-14(7-13(19(21,22)23)8-15(16)17(24)29)11-3-1-10(2-4-11)9-28-26-18(25-27-28)12-5-6-12/h7-8,10-12H,1-6,9H2,(H2,24,29). The van der Waals surface area contributed by atoms with E-state index in [0.29, 0.717) is 36.8 Å². The van der Waals surface area contributed by atoms with E-state index in [4.69, 9.17) is 17.3 Å². The van der Waals surface area contributed by atoms with Crippen LogP contribution >= 0.6 is 11.6 Å². The lowest BCUT2D eigenvalue weighted by molar-refractivity contribution is -0.137. The highest BCUT2D eigenvalue weighted by Crippen LogP contribution is 2.43. The number of carbonyl (C=O) groups is 1. The Morgan fingerprint density at radius 2 is 1.79 bits per heavy atom. The first kappa shape index (κ1) is 20.1. The first-order chi connectivity index (χ1) is 13.7. The number of halogens is 4. The molecule has 0 bridgehead atoms. The largest absolute Gasteiger partial charge is 0.416 e. The minimum atomic E-state index is -4.57. The maximum Gasteiger partial charge on any atom is 0.416 e. The van der Waals surface area contributed by atoms with Gasteiger partial charge < -0.3 is 5.73 Å². The van der Waals surface area contributed by atoms with E-state index in [9.17, 15) is 18.0 Å². The molecule has 1 amide bonds. The van der Waals surface area contributed by atoms with Crippen molar-refractivity contribution in [1.82, 2.24) is 20.2 Å². The zero-order chi connectivity index (χ0) is 20.8. The number of carbonyl (C=O) groups excluding carboxylic acids is 1. The third kappa shape index (κ3) is 4.39. The molecule has 156 valence electrons. The minimum absolute atomic E-state index is 0.0287. The molecule has 2 aliphatic rings. The van der Waals surface area contributed by atoms with Crippen LogP contribution in [0.3, 0.4) is 0 Å². The highest BCUT2D eigenvalue weighted by atomic mass is 35.5. The molecule has 2 fully saturated rings. The lowest BCUT2D eigenvalue weighted by Crippen LogP contribution is -2.21. The summed E-state index contributed by atoms with van der Waals surface area (Å²) in [6.45, 7) is 0.648. The Balaban J connectivity index is 1.47. The number of benzene rings is 1. The van der Waals surface area contributed by atoms with Crippen molar-refractivity contribution in [2.75, 3.05) is 0 Å². The van der Waals surface area contributed by atoms with Gasteiger partial charge in [0.05, 0.1) is 22.7 Å². The van der Waals surface area contributed by atoms with Gasteiger partial charge in [-0.3, -0.25) is 4.79 Å². The lowest BCUT2D eigenvalue weighted by atomic mass is 9.78. The second-order valence-electron chi connectivity index (χ2n) is 7.98. The second kappa shape index (κ2) is 7.59. The van der Waals surface area contributed by atoms with Crippen LogP contribution in [0.1, 0.15) is 77.7 Å². The number of tetrazole rings is 1. The van der Waals surface area contributed by atoms with Crippen molar-refractivity contribution in [3.8, 4) is 0 Å². The van der Waals surface area contributed by atoms with Crippen LogP contribution in [-0.4, -0.2) is 26.1 Å². The van der Waals surface area contributed by atoms with E-state index in [1.807, 2.05) is 0 Å². The topological polar surface area (TPSA) is 86.7 Å². The van der Waals surface area contributed by atoms with Crippen LogP contribution in [0.25, 0.3) is 0 Å². The molecule has 0 aliphatic heterocycles. The Labute approximate surface area is 170 Å². The quantitative estimate of drug-likeness (QED) is 0.770. The number of primary amides is 1. The van der Waals surface area contributed by atoms with Crippen LogP contribution in [0.2, 0.25) is 5.02 Å². The van der Waals surface area contributed by atoms with Gasteiger partial charge in [0.1, 0.15) is 0 Å². The summed E-state index contributed by atoms with van der Waals surface area (Å²) in [5.41, 5.74) is 4.42. The Kier molecular flexibility index (Phi) is 5.27. The molecule has 29 heavy (non-hydrogen) atoms. The second-order valence-corrected chi connectivity index (χ2v) is 8.36. The number of alkyl halides is 3. The summed E-state index contributed by atoms with van der Waals surface area (Å²) in [6, 6.07) is 1.79. The van der Waals surface area contributed by atoms with E-state index in [1.165, 1.54) is 0 Å². The zero-order valence-corrected chi connectivity index (χ0v) is 16.4. The van der Waals surface area contributed by atoms with Gasteiger partial charge in [0.25, 0.3) is 0 Å². The Bertz CT molecular complexity index is 917. The number of hydrogen-bond acceptors (Lipinski definition) is 4. The fourth-order valence-corrected chi connectivity index (χ4v) is 4.37. The van der Waals surface area contributed by atoms with Gasteiger partial charge in [-0.05, 0) is 73.3 Å². The van der Waals surface area contributed by atoms with E-state index in [0.717, 1.165) is 43.6 Å². The summed E-state index contributed by atoms with van der Waals surface area (Å²) in [7, 11) is 0. The molecule has 1 heterocycles. The molecule has 10 heteroatoms. The predicted octanol–water partition coefficient (Wildman–Crippen LogP) is 4.30. The molecular weight excluding hydrogens is 407 g/mol. The van der Waals surface area contributed by atoms with Crippen molar-refractivity contribution in [1.29, 1.82) is 0 Å². The normalized spacial score (nSPS) is 22.6. The van der Waals surface area contributed by atoms with E-state index in [1.54, 1.807) is 4.80 Å². The highest BCUT2D eigenvalue weighted by molar-refractivity contribution is 6.34. The van der Waals surface area contributed by atoms with E-state index in [-0.39, 0.29) is 16.5 Å². The fraction of sp³-hybridized carbons (Fsp3) is 0.579. The van der Waals surface area contributed by atoms with Gasteiger partial charge in [-0.15, -0.1) is 10.2 Å². The van der Waals surface area contributed by atoms with E-state index >= 15 is 0 Å². The van der Waals surface area contributed by atoms with Gasteiger partial charge in [0.15, 0.2) is 5.82 Å². The molecule has 0 unspecified atom stereocenters. The molecule has 1 aromatic carbocycles. The number of amides is 1. The number of rotatable bonds is 5. The Hall–Kier alpha value is -2.16. The molecule has 0 atom stereocenters. The van der Waals surface area contributed by atoms with Gasteiger partial charge in [-0.1, -0.05) is 11.6 Å². The Morgan fingerprint density at radius 1 is 1.14 bits per heavy atom. The van der Waals surface area contributed by atoms with E-state index in [2.05, 4.69) is 15.4 Å². The van der Waals surface area contributed by atoms with Crippen LogP contribution in [0.5, 0.6) is 0 Å². The van der Waals surface area contributed by atoms with Crippen LogP contribution < -0.4 is 5.73 Å². The average molecular weight is 428 g/mol.